The molecule has 31 heavy (non-hydrogen) atoms. The summed E-state index contributed by atoms with van der Waals surface area (Å²) in [5, 5.41) is 1.28. The minimum Gasteiger partial charge on any atom is -0.497 e. The molecular weight excluding hydrogens is 430 g/mol. The molecule has 0 saturated heterocycles. The molecule has 0 spiro atoms. The number of benzene rings is 1. The lowest BCUT2D eigenvalue weighted by molar-refractivity contribution is -0.127. The van der Waals surface area contributed by atoms with E-state index in [4.69, 9.17) is 9.72 Å². The summed E-state index contributed by atoms with van der Waals surface area (Å²) >= 11 is 2.96. The average molecular weight is 458 g/mol. The predicted molar refractivity (Wildman–Crippen MR) is 127 cm³/mol. The quantitative estimate of drug-likeness (QED) is 0.391. The normalized spacial score (nSPS) is 13.3. The van der Waals surface area contributed by atoms with Crippen LogP contribution in [-0.2, 0) is 17.6 Å². The zero-order valence-electron chi connectivity index (χ0n) is 18.1. The molecule has 4 rings (SSSR count). The molecule has 1 aliphatic carbocycles. The summed E-state index contributed by atoms with van der Waals surface area (Å²) in [5.41, 5.74) is 1.80. The molecule has 1 aromatic carbocycles. The van der Waals surface area contributed by atoms with Crippen molar-refractivity contribution >= 4 is 39.2 Å². The van der Waals surface area contributed by atoms with Gasteiger partial charge in [0.15, 0.2) is 5.16 Å². The Hall–Kier alpha value is -2.32. The number of fused-ring (bicyclic) bond motifs is 3. The lowest BCUT2D eigenvalue weighted by Gasteiger charge is -2.19. The number of hydrogen-bond acceptors (Lipinski definition) is 6. The molecule has 3 aromatic rings. The van der Waals surface area contributed by atoms with Gasteiger partial charge in [-0.1, -0.05) is 17.8 Å². The fourth-order valence-corrected chi connectivity index (χ4v) is 6.27. The van der Waals surface area contributed by atoms with Crippen LogP contribution in [0.3, 0.4) is 0 Å². The van der Waals surface area contributed by atoms with E-state index in [9.17, 15) is 9.59 Å². The van der Waals surface area contributed by atoms with Crippen LogP contribution in [0.4, 0.5) is 0 Å². The topological polar surface area (TPSA) is 64.4 Å². The minimum atomic E-state index is -0.0598. The number of carbonyl (C=O) groups excluding carboxylic acids is 1. The van der Waals surface area contributed by atoms with Crippen molar-refractivity contribution in [2.24, 2.45) is 0 Å². The molecule has 0 unspecified atom stereocenters. The summed E-state index contributed by atoms with van der Waals surface area (Å²) < 4.78 is 7.02. The standard InChI is InChI=1S/C23H27N3O3S2/c1-4-25(5-2)19(27)14-30-23-24-21-20(17-11-6-7-12-18(17)31-21)22(28)26(23)15-9-8-10-16(13-15)29-3/h8-10,13H,4-7,11-12,14H2,1-3H3. The molecule has 0 atom stereocenters. The Labute approximate surface area is 190 Å². The highest BCUT2D eigenvalue weighted by Crippen LogP contribution is 2.35. The van der Waals surface area contributed by atoms with Gasteiger partial charge in [0, 0.05) is 24.0 Å². The Kier molecular flexibility index (Phi) is 6.67. The second-order valence-corrected chi connectivity index (χ2v) is 9.51. The van der Waals surface area contributed by atoms with Crippen LogP contribution in [0.1, 0.15) is 37.1 Å². The van der Waals surface area contributed by atoms with Crippen molar-refractivity contribution < 1.29 is 9.53 Å². The third kappa shape index (κ3) is 4.23. The van der Waals surface area contributed by atoms with Gasteiger partial charge in [-0.3, -0.25) is 14.2 Å². The molecule has 2 heterocycles. The van der Waals surface area contributed by atoms with E-state index >= 15 is 0 Å². The summed E-state index contributed by atoms with van der Waals surface area (Å²) in [6.45, 7) is 5.28. The van der Waals surface area contributed by atoms with Crippen molar-refractivity contribution in [3.8, 4) is 11.4 Å². The second kappa shape index (κ2) is 9.44. The number of ether oxygens (including phenoxy) is 1. The van der Waals surface area contributed by atoms with Crippen molar-refractivity contribution in [3.63, 3.8) is 0 Å². The van der Waals surface area contributed by atoms with E-state index in [2.05, 4.69) is 0 Å². The van der Waals surface area contributed by atoms with Gasteiger partial charge in [0.2, 0.25) is 5.91 Å². The van der Waals surface area contributed by atoms with E-state index in [0.717, 1.165) is 41.5 Å². The van der Waals surface area contributed by atoms with E-state index in [1.54, 1.807) is 27.9 Å². The van der Waals surface area contributed by atoms with Gasteiger partial charge in [-0.25, -0.2) is 4.98 Å². The number of aryl methyl sites for hydroxylation is 2. The summed E-state index contributed by atoms with van der Waals surface area (Å²) in [7, 11) is 1.61. The maximum Gasteiger partial charge on any atom is 0.267 e. The average Bonchev–Trinajstić information content (AvgIpc) is 3.17. The number of thioether (sulfide) groups is 1. The monoisotopic (exact) mass is 457 g/mol. The second-order valence-electron chi connectivity index (χ2n) is 7.48. The highest BCUT2D eigenvalue weighted by molar-refractivity contribution is 7.99. The number of thiophene rings is 1. The van der Waals surface area contributed by atoms with Gasteiger partial charge in [-0.15, -0.1) is 11.3 Å². The largest absolute Gasteiger partial charge is 0.497 e. The first kappa shape index (κ1) is 21.9. The highest BCUT2D eigenvalue weighted by atomic mass is 32.2. The Balaban J connectivity index is 1.84. The molecule has 8 heteroatoms. The number of nitrogens with zero attached hydrogens (tertiary/aromatic N) is 3. The van der Waals surface area contributed by atoms with E-state index in [-0.39, 0.29) is 17.2 Å². The van der Waals surface area contributed by atoms with Crippen LogP contribution < -0.4 is 10.3 Å². The van der Waals surface area contributed by atoms with Gasteiger partial charge >= 0.3 is 0 Å². The van der Waals surface area contributed by atoms with Gasteiger partial charge in [0.25, 0.3) is 5.56 Å². The third-order valence-corrected chi connectivity index (χ3v) is 7.82. The molecular formula is C23H27N3O3S2. The molecule has 0 fully saturated rings. The number of rotatable bonds is 7. The summed E-state index contributed by atoms with van der Waals surface area (Å²) in [6.07, 6.45) is 4.20. The molecule has 0 bridgehead atoms. The van der Waals surface area contributed by atoms with Crippen molar-refractivity contribution in [1.82, 2.24) is 14.5 Å². The van der Waals surface area contributed by atoms with Gasteiger partial charge in [-0.05, 0) is 57.2 Å². The van der Waals surface area contributed by atoms with Crippen LogP contribution in [0.5, 0.6) is 5.75 Å². The van der Waals surface area contributed by atoms with Crippen LogP contribution in [0, 0.1) is 0 Å². The number of methoxy groups -OCH3 is 1. The van der Waals surface area contributed by atoms with Crippen LogP contribution in [-0.4, -0.2) is 46.3 Å². The zero-order chi connectivity index (χ0) is 22.0. The van der Waals surface area contributed by atoms with Crippen molar-refractivity contribution in [2.75, 3.05) is 26.0 Å². The van der Waals surface area contributed by atoms with E-state index < -0.39 is 0 Å². The van der Waals surface area contributed by atoms with Gasteiger partial charge < -0.3 is 9.64 Å². The maximum absolute atomic E-state index is 13.8. The molecule has 0 aliphatic heterocycles. The molecule has 0 saturated carbocycles. The van der Waals surface area contributed by atoms with Crippen molar-refractivity contribution in [1.29, 1.82) is 0 Å². The molecule has 0 N–H and O–H groups in total. The van der Waals surface area contributed by atoms with Gasteiger partial charge in [0.05, 0.1) is 23.9 Å². The number of aromatic nitrogens is 2. The Bertz CT molecular complexity index is 1160. The van der Waals surface area contributed by atoms with Crippen LogP contribution in [0.25, 0.3) is 15.9 Å². The summed E-state index contributed by atoms with van der Waals surface area (Å²) in [6, 6.07) is 7.43. The minimum absolute atomic E-state index is 0.0482. The van der Waals surface area contributed by atoms with Crippen LogP contribution in [0.2, 0.25) is 0 Å². The van der Waals surface area contributed by atoms with E-state index in [1.807, 2.05) is 38.1 Å². The number of hydrogen-bond donors (Lipinski definition) is 0. The van der Waals surface area contributed by atoms with Gasteiger partial charge in [-0.2, -0.15) is 0 Å². The van der Waals surface area contributed by atoms with Crippen LogP contribution >= 0.6 is 23.1 Å². The first-order chi connectivity index (χ1) is 15.1. The fraction of sp³-hybridized carbons (Fsp3) is 0.435. The molecule has 164 valence electrons. The molecule has 1 amide bonds. The predicted octanol–water partition coefficient (Wildman–Crippen LogP) is 4.30. The number of amides is 1. The lowest BCUT2D eigenvalue weighted by atomic mass is 9.97. The third-order valence-electron chi connectivity index (χ3n) is 5.71. The van der Waals surface area contributed by atoms with E-state index in [1.165, 1.54) is 16.6 Å². The Morgan fingerprint density at radius 1 is 1.26 bits per heavy atom. The molecule has 0 radical (unpaired) electrons. The van der Waals surface area contributed by atoms with Crippen LogP contribution in [0.15, 0.2) is 34.2 Å². The highest BCUT2D eigenvalue weighted by Gasteiger charge is 2.23. The first-order valence-electron chi connectivity index (χ1n) is 10.7. The van der Waals surface area contributed by atoms with Gasteiger partial charge in [0.1, 0.15) is 10.6 Å². The van der Waals surface area contributed by atoms with E-state index in [0.29, 0.717) is 29.7 Å². The molecule has 1 aliphatic rings. The Morgan fingerprint density at radius 3 is 2.77 bits per heavy atom. The van der Waals surface area contributed by atoms with Crippen molar-refractivity contribution in [3.05, 3.63) is 45.1 Å². The lowest BCUT2D eigenvalue weighted by Crippen LogP contribution is -2.32. The summed E-state index contributed by atoms with van der Waals surface area (Å²) in [5.74, 6) is 0.966. The molecule has 6 nitrogen and oxygen atoms in total. The zero-order valence-corrected chi connectivity index (χ0v) is 19.8. The Morgan fingerprint density at radius 2 is 2.03 bits per heavy atom. The SMILES string of the molecule is CCN(CC)C(=O)CSc1nc2sc3c(c2c(=O)n1-c1cccc(OC)c1)CCCC3. The maximum atomic E-state index is 13.8. The fourth-order valence-electron chi connectivity index (χ4n) is 4.05. The first-order valence-corrected chi connectivity index (χ1v) is 12.5. The van der Waals surface area contributed by atoms with Crippen molar-refractivity contribution in [2.45, 2.75) is 44.7 Å². The molecule has 2 aromatic heterocycles. The number of carbonyl (C=O) groups is 1. The summed E-state index contributed by atoms with van der Waals surface area (Å²) in [4.78, 5) is 35.1. The smallest absolute Gasteiger partial charge is 0.267 e.